The van der Waals surface area contributed by atoms with Gasteiger partial charge in [-0.1, -0.05) is 17.7 Å². The number of nitrogens with zero attached hydrogens (tertiary/aromatic N) is 3. The van der Waals surface area contributed by atoms with Gasteiger partial charge >= 0.3 is 0 Å². The van der Waals surface area contributed by atoms with Crippen LogP contribution in [0.25, 0.3) is 21.8 Å². The molecular formula is C17H13ClN6O2. The van der Waals surface area contributed by atoms with Gasteiger partial charge in [0.2, 0.25) is 5.91 Å². The number of hydrogen-bond donors (Lipinski definition) is 3. The number of hydrogen-bond acceptors (Lipinski definition) is 5. The van der Waals surface area contributed by atoms with Crippen molar-refractivity contribution in [2.45, 2.75) is 12.8 Å². The van der Waals surface area contributed by atoms with E-state index >= 15 is 0 Å². The Morgan fingerprint density at radius 1 is 1.23 bits per heavy atom. The maximum atomic E-state index is 12.4. The minimum Gasteiger partial charge on any atom is -0.320 e. The van der Waals surface area contributed by atoms with Gasteiger partial charge in [-0.2, -0.15) is 5.10 Å². The summed E-state index contributed by atoms with van der Waals surface area (Å²) in [7, 11) is 0. The fourth-order valence-electron chi connectivity index (χ4n) is 2.75. The van der Waals surface area contributed by atoms with Gasteiger partial charge in [0.25, 0.3) is 5.56 Å². The minimum atomic E-state index is -0.341. The molecule has 8 nitrogen and oxygen atoms in total. The zero-order chi connectivity index (χ0) is 18.1. The van der Waals surface area contributed by atoms with Gasteiger partial charge in [0.05, 0.1) is 11.7 Å². The Labute approximate surface area is 151 Å². The number of halogens is 1. The maximum Gasteiger partial charge on any atom is 0.261 e. The van der Waals surface area contributed by atoms with Crippen LogP contribution in [0.1, 0.15) is 12.0 Å². The summed E-state index contributed by atoms with van der Waals surface area (Å²) in [5.74, 6) is 0.0407. The van der Waals surface area contributed by atoms with Gasteiger partial charge in [-0.3, -0.25) is 19.7 Å². The Bertz CT molecular complexity index is 1170. The molecule has 0 bridgehead atoms. The second-order valence-corrected chi connectivity index (χ2v) is 6.12. The van der Waals surface area contributed by atoms with Crippen molar-refractivity contribution in [2.75, 3.05) is 5.32 Å². The van der Waals surface area contributed by atoms with Gasteiger partial charge in [-0.25, -0.2) is 4.98 Å². The third kappa shape index (κ3) is 3.02. The normalized spacial score (nSPS) is 11.1. The number of amides is 1. The van der Waals surface area contributed by atoms with E-state index < -0.39 is 0 Å². The number of rotatable bonds is 4. The lowest BCUT2D eigenvalue weighted by molar-refractivity contribution is -0.116. The van der Waals surface area contributed by atoms with E-state index in [0.717, 1.165) is 10.9 Å². The third-order valence-corrected chi connectivity index (χ3v) is 4.24. The monoisotopic (exact) mass is 368 g/mol. The van der Waals surface area contributed by atoms with E-state index in [0.29, 0.717) is 28.0 Å². The number of aryl methyl sites for hydroxylation is 1. The maximum absolute atomic E-state index is 12.4. The van der Waals surface area contributed by atoms with E-state index in [1.165, 1.54) is 0 Å². The van der Waals surface area contributed by atoms with Crippen LogP contribution in [0.5, 0.6) is 0 Å². The Balaban J connectivity index is 1.57. The molecule has 0 aliphatic heterocycles. The van der Waals surface area contributed by atoms with Gasteiger partial charge in [0, 0.05) is 24.2 Å². The first-order valence-electron chi connectivity index (χ1n) is 7.86. The Hall–Kier alpha value is -3.26. The molecule has 0 saturated carbocycles. The molecule has 0 atom stereocenters. The Morgan fingerprint density at radius 2 is 2.12 bits per heavy atom. The van der Waals surface area contributed by atoms with Crippen LogP contribution in [-0.4, -0.2) is 31.1 Å². The summed E-state index contributed by atoms with van der Waals surface area (Å²) < 4.78 is 0. The molecule has 0 radical (unpaired) electrons. The van der Waals surface area contributed by atoms with Crippen LogP contribution < -0.4 is 10.9 Å². The fraction of sp³-hybridized carbons (Fsp3) is 0.118. The first-order chi connectivity index (χ1) is 12.6. The van der Waals surface area contributed by atoms with Crippen molar-refractivity contribution in [1.82, 2.24) is 25.1 Å². The van der Waals surface area contributed by atoms with E-state index in [2.05, 4.69) is 30.5 Å². The van der Waals surface area contributed by atoms with Gasteiger partial charge in [0.15, 0.2) is 0 Å². The average Bonchev–Trinajstić information content (AvgIpc) is 3.06. The van der Waals surface area contributed by atoms with Crippen molar-refractivity contribution in [3.8, 4) is 0 Å². The number of nitrogens with one attached hydrogen (secondary N) is 3. The van der Waals surface area contributed by atoms with E-state index in [-0.39, 0.29) is 23.7 Å². The van der Waals surface area contributed by atoms with E-state index in [9.17, 15) is 9.59 Å². The number of carbonyl (C=O) groups excluding carboxylic acids is 1. The van der Waals surface area contributed by atoms with Gasteiger partial charge in [-0.05, 0) is 24.1 Å². The molecule has 0 aliphatic rings. The van der Waals surface area contributed by atoms with Crippen molar-refractivity contribution in [2.24, 2.45) is 0 Å². The number of carbonyl (C=O) groups is 1. The molecule has 0 fully saturated rings. The highest BCUT2D eigenvalue weighted by Crippen LogP contribution is 2.23. The summed E-state index contributed by atoms with van der Waals surface area (Å²) in [5, 5.41) is 11.1. The van der Waals surface area contributed by atoms with Crippen molar-refractivity contribution in [3.63, 3.8) is 0 Å². The second-order valence-electron chi connectivity index (χ2n) is 5.73. The molecule has 3 N–H and O–H groups in total. The summed E-state index contributed by atoms with van der Waals surface area (Å²) in [4.78, 5) is 35.3. The number of aromatic nitrogens is 5. The molecule has 0 unspecified atom stereocenters. The van der Waals surface area contributed by atoms with E-state index in [1.807, 2.05) is 6.07 Å². The summed E-state index contributed by atoms with van der Waals surface area (Å²) in [6, 6.07) is 5.25. The minimum absolute atomic E-state index is 0.235. The van der Waals surface area contributed by atoms with E-state index in [4.69, 9.17) is 11.6 Å². The number of pyridine rings is 3. The van der Waals surface area contributed by atoms with Gasteiger partial charge in [0.1, 0.15) is 21.9 Å². The zero-order valence-corrected chi connectivity index (χ0v) is 14.2. The van der Waals surface area contributed by atoms with Crippen LogP contribution in [0.4, 0.5) is 5.82 Å². The number of anilines is 1. The summed E-state index contributed by atoms with van der Waals surface area (Å²) >= 11 is 5.74. The SMILES string of the molecule is O=C(CCc1ccc(Cl)nc1)Nc1[nH]nc2c1c(=O)[nH]c1cnccc12. The number of fused-ring (bicyclic) bond motifs is 3. The van der Waals surface area contributed by atoms with Crippen molar-refractivity contribution in [1.29, 1.82) is 0 Å². The first kappa shape index (κ1) is 16.2. The number of H-pyrrole nitrogens is 2. The average molecular weight is 369 g/mol. The van der Waals surface area contributed by atoms with Crippen molar-refractivity contribution in [3.05, 3.63) is 57.9 Å². The Morgan fingerprint density at radius 3 is 2.92 bits per heavy atom. The van der Waals surface area contributed by atoms with Crippen LogP contribution in [0, 0.1) is 0 Å². The van der Waals surface area contributed by atoms with E-state index in [1.54, 1.807) is 30.7 Å². The van der Waals surface area contributed by atoms with Crippen LogP contribution in [0.3, 0.4) is 0 Å². The lowest BCUT2D eigenvalue weighted by Crippen LogP contribution is -2.15. The quantitative estimate of drug-likeness (QED) is 0.478. The van der Waals surface area contributed by atoms with Crippen molar-refractivity contribution >= 4 is 45.1 Å². The summed E-state index contributed by atoms with van der Waals surface area (Å²) in [6.07, 6.45) is 5.55. The van der Waals surface area contributed by atoms with Crippen LogP contribution in [-0.2, 0) is 11.2 Å². The molecule has 4 aromatic heterocycles. The second kappa shape index (κ2) is 6.57. The molecule has 9 heteroatoms. The number of aromatic amines is 2. The lowest BCUT2D eigenvalue weighted by atomic mass is 10.1. The highest BCUT2D eigenvalue weighted by molar-refractivity contribution is 6.29. The van der Waals surface area contributed by atoms with Crippen LogP contribution >= 0.6 is 11.6 Å². The molecule has 0 saturated heterocycles. The fourth-order valence-corrected chi connectivity index (χ4v) is 2.86. The predicted molar refractivity (Wildman–Crippen MR) is 98.2 cm³/mol. The molecule has 0 spiro atoms. The standard InChI is InChI=1S/C17H13ClN6O2/c18-12-3-1-9(7-20-12)2-4-13(25)22-16-14-15(23-24-16)10-5-6-19-8-11(10)21-17(14)26/h1,3,5-8H,2,4H2,(H,21,26)(H2,22,23,24,25). The summed E-state index contributed by atoms with van der Waals surface area (Å²) in [5.41, 5.74) is 1.63. The molecule has 1 amide bonds. The van der Waals surface area contributed by atoms with Gasteiger partial charge in [-0.15, -0.1) is 0 Å². The predicted octanol–water partition coefficient (Wildman–Crippen LogP) is 2.42. The smallest absolute Gasteiger partial charge is 0.261 e. The molecule has 26 heavy (non-hydrogen) atoms. The molecule has 0 aliphatic carbocycles. The van der Waals surface area contributed by atoms with Gasteiger partial charge < -0.3 is 10.3 Å². The summed E-state index contributed by atoms with van der Waals surface area (Å²) in [6.45, 7) is 0. The molecule has 0 aromatic carbocycles. The first-order valence-corrected chi connectivity index (χ1v) is 8.24. The molecule has 4 aromatic rings. The highest BCUT2D eigenvalue weighted by atomic mass is 35.5. The molecular weight excluding hydrogens is 356 g/mol. The lowest BCUT2D eigenvalue weighted by Gasteiger charge is -2.04. The topological polar surface area (TPSA) is 116 Å². The highest BCUT2D eigenvalue weighted by Gasteiger charge is 2.15. The molecule has 4 rings (SSSR count). The molecule has 4 heterocycles. The van der Waals surface area contributed by atoms with Crippen LogP contribution in [0.2, 0.25) is 5.15 Å². The van der Waals surface area contributed by atoms with Crippen molar-refractivity contribution < 1.29 is 4.79 Å². The Kier molecular flexibility index (Phi) is 4.10. The zero-order valence-electron chi connectivity index (χ0n) is 13.4. The largest absolute Gasteiger partial charge is 0.320 e. The molecule has 130 valence electrons. The third-order valence-electron chi connectivity index (χ3n) is 4.01. The van der Waals surface area contributed by atoms with Crippen LogP contribution in [0.15, 0.2) is 41.6 Å².